The molecular formula is C27H25NO5. The van der Waals surface area contributed by atoms with E-state index in [1.165, 1.54) is 17.0 Å². The highest BCUT2D eigenvalue weighted by molar-refractivity contribution is 6.46. The topological polar surface area (TPSA) is 87.1 Å². The van der Waals surface area contributed by atoms with Crippen molar-refractivity contribution in [1.82, 2.24) is 4.90 Å². The van der Waals surface area contributed by atoms with Crippen LogP contribution in [0.3, 0.4) is 0 Å². The maximum Gasteiger partial charge on any atom is 0.295 e. The van der Waals surface area contributed by atoms with Crippen molar-refractivity contribution in [3.8, 4) is 11.5 Å². The van der Waals surface area contributed by atoms with E-state index < -0.39 is 17.7 Å². The Balaban J connectivity index is 1.83. The number of likely N-dealkylation sites (tertiary alicyclic amines) is 1. The number of rotatable bonds is 7. The number of benzene rings is 3. The molecule has 0 aliphatic carbocycles. The first kappa shape index (κ1) is 22.1. The monoisotopic (exact) mass is 443 g/mol. The summed E-state index contributed by atoms with van der Waals surface area (Å²) in [7, 11) is 0. The lowest BCUT2D eigenvalue weighted by Gasteiger charge is -2.25. The van der Waals surface area contributed by atoms with E-state index in [0.717, 1.165) is 12.0 Å². The van der Waals surface area contributed by atoms with Crippen LogP contribution in [-0.2, 0) is 16.1 Å². The zero-order chi connectivity index (χ0) is 23.4. The maximum atomic E-state index is 13.1. The fraction of sp³-hybridized carbons (Fsp3) is 0.185. The van der Waals surface area contributed by atoms with E-state index in [-0.39, 0.29) is 23.6 Å². The van der Waals surface area contributed by atoms with Gasteiger partial charge in [-0.15, -0.1) is 0 Å². The third-order valence-electron chi connectivity index (χ3n) is 5.50. The van der Waals surface area contributed by atoms with Crippen LogP contribution >= 0.6 is 0 Å². The van der Waals surface area contributed by atoms with E-state index in [1.807, 2.05) is 37.3 Å². The number of aromatic hydroxyl groups is 1. The molecule has 4 rings (SSSR count). The Labute approximate surface area is 192 Å². The van der Waals surface area contributed by atoms with Crippen molar-refractivity contribution in [1.29, 1.82) is 0 Å². The molecule has 3 aromatic rings. The molecule has 2 N–H and O–H groups in total. The van der Waals surface area contributed by atoms with Crippen LogP contribution in [-0.4, -0.2) is 33.4 Å². The number of amides is 1. The Bertz CT molecular complexity index is 1200. The Kier molecular flexibility index (Phi) is 6.45. The molecule has 6 heteroatoms. The molecule has 1 aliphatic rings. The van der Waals surface area contributed by atoms with Crippen LogP contribution in [0.5, 0.6) is 11.5 Å². The van der Waals surface area contributed by atoms with Gasteiger partial charge in [-0.25, -0.2) is 0 Å². The zero-order valence-corrected chi connectivity index (χ0v) is 18.3. The van der Waals surface area contributed by atoms with Crippen LogP contribution in [0.4, 0.5) is 0 Å². The van der Waals surface area contributed by atoms with Crippen molar-refractivity contribution in [2.75, 3.05) is 6.61 Å². The normalized spacial score (nSPS) is 17.4. The molecule has 168 valence electrons. The van der Waals surface area contributed by atoms with Crippen LogP contribution < -0.4 is 4.74 Å². The van der Waals surface area contributed by atoms with Gasteiger partial charge in [0.05, 0.1) is 18.2 Å². The molecule has 0 spiro atoms. The van der Waals surface area contributed by atoms with Crippen molar-refractivity contribution in [3.63, 3.8) is 0 Å². The molecule has 0 saturated carbocycles. The number of aliphatic hydroxyl groups is 1. The molecule has 3 aromatic carbocycles. The van der Waals surface area contributed by atoms with Gasteiger partial charge in [-0.2, -0.15) is 0 Å². The molecule has 1 aliphatic heterocycles. The van der Waals surface area contributed by atoms with Crippen LogP contribution in [0.25, 0.3) is 5.76 Å². The summed E-state index contributed by atoms with van der Waals surface area (Å²) in [6.07, 6.45) is 0.832. The second-order valence-electron chi connectivity index (χ2n) is 7.88. The summed E-state index contributed by atoms with van der Waals surface area (Å²) in [4.78, 5) is 27.6. The quantitative estimate of drug-likeness (QED) is 0.311. The number of ether oxygens (including phenoxy) is 1. The molecule has 0 aromatic heterocycles. The van der Waals surface area contributed by atoms with Crippen molar-refractivity contribution >= 4 is 17.4 Å². The average molecular weight is 443 g/mol. The minimum Gasteiger partial charge on any atom is -0.508 e. The first-order valence-electron chi connectivity index (χ1n) is 10.8. The van der Waals surface area contributed by atoms with E-state index in [0.29, 0.717) is 23.5 Å². The second kappa shape index (κ2) is 9.61. The van der Waals surface area contributed by atoms with Gasteiger partial charge in [-0.05, 0) is 41.8 Å². The number of carbonyl (C=O) groups is 2. The van der Waals surface area contributed by atoms with E-state index in [4.69, 9.17) is 4.74 Å². The lowest BCUT2D eigenvalue weighted by atomic mass is 9.95. The van der Waals surface area contributed by atoms with E-state index in [9.17, 15) is 19.8 Å². The van der Waals surface area contributed by atoms with Gasteiger partial charge in [0.25, 0.3) is 11.7 Å². The number of carbonyl (C=O) groups excluding carboxylic acids is 2. The van der Waals surface area contributed by atoms with Crippen LogP contribution in [0, 0.1) is 0 Å². The van der Waals surface area contributed by atoms with Crippen LogP contribution in [0.15, 0.2) is 84.4 Å². The highest BCUT2D eigenvalue weighted by Gasteiger charge is 2.46. The SMILES string of the molecule is CCCOc1cccc(/C(O)=C2\C(=O)C(=O)N(Cc3ccccc3)C2c2cccc(O)c2)c1. The summed E-state index contributed by atoms with van der Waals surface area (Å²) in [5, 5.41) is 21.3. The summed E-state index contributed by atoms with van der Waals surface area (Å²) in [5.41, 5.74) is 1.74. The fourth-order valence-electron chi connectivity index (χ4n) is 3.97. The Morgan fingerprint density at radius 3 is 2.45 bits per heavy atom. The Morgan fingerprint density at radius 2 is 1.73 bits per heavy atom. The summed E-state index contributed by atoms with van der Waals surface area (Å²) < 4.78 is 5.65. The van der Waals surface area contributed by atoms with E-state index in [2.05, 4.69) is 0 Å². The highest BCUT2D eigenvalue weighted by atomic mass is 16.5. The van der Waals surface area contributed by atoms with Crippen molar-refractivity contribution < 1.29 is 24.5 Å². The largest absolute Gasteiger partial charge is 0.508 e. The van der Waals surface area contributed by atoms with Gasteiger partial charge in [0.1, 0.15) is 17.3 Å². The molecule has 0 bridgehead atoms. The van der Waals surface area contributed by atoms with Gasteiger partial charge in [-0.3, -0.25) is 9.59 Å². The van der Waals surface area contributed by atoms with Gasteiger partial charge in [0, 0.05) is 12.1 Å². The van der Waals surface area contributed by atoms with Crippen LogP contribution in [0.2, 0.25) is 0 Å². The Hall–Kier alpha value is -4.06. The molecule has 1 atom stereocenters. The Morgan fingerprint density at radius 1 is 0.970 bits per heavy atom. The van der Waals surface area contributed by atoms with E-state index >= 15 is 0 Å². The molecule has 1 amide bonds. The lowest BCUT2D eigenvalue weighted by molar-refractivity contribution is -0.140. The van der Waals surface area contributed by atoms with Crippen LogP contribution in [0.1, 0.15) is 36.1 Å². The van der Waals surface area contributed by atoms with Crippen molar-refractivity contribution in [2.24, 2.45) is 0 Å². The molecular weight excluding hydrogens is 418 g/mol. The predicted octanol–water partition coefficient (Wildman–Crippen LogP) is 4.80. The number of aliphatic hydroxyl groups excluding tert-OH is 1. The van der Waals surface area contributed by atoms with Gasteiger partial charge < -0.3 is 19.8 Å². The summed E-state index contributed by atoms with van der Waals surface area (Å²) in [6, 6.07) is 21.7. The number of hydrogen-bond acceptors (Lipinski definition) is 5. The zero-order valence-electron chi connectivity index (χ0n) is 18.3. The molecule has 1 unspecified atom stereocenters. The molecule has 1 heterocycles. The number of nitrogens with zero attached hydrogens (tertiary/aromatic N) is 1. The van der Waals surface area contributed by atoms with Gasteiger partial charge in [0.15, 0.2) is 0 Å². The molecule has 33 heavy (non-hydrogen) atoms. The summed E-state index contributed by atoms with van der Waals surface area (Å²) in [5.74, 6) is -1.18. The number of hydrogen-bond donors (Lipinski definition) is 2. The average Bonchev–Trinajstić information content (AvgIpc) is 3.08. The molecule has 1 fully saturated rings. The molecule has 1 saturated heterocycles. The molecule has 6 nitrogen and oxygen atoms in total. The minimum atomic E-state index is -0.850. The third kappa shape index (κ3) is 4.60. The lowest BCUT2D eigenvalue weighted by Crippen LogP contribution is -2.29. The maximum absolute atomic E-state index is 13.1. The smallest absolute Gasteiger partial charge is 0.295 e. The minimum absolute atomic E-state index is 0.00719. The van der Waals surface area contributed by atoms with E-state index in [1.54, 1.807) is 36.4 Å². The second-order valence-corrected chi connectivity index (χ2v) is 7.88. The molecule has 0 radical (unpaired) electrons. The van der Waals surface area contributed by atoms with Crippen molar-refractivity contribution in [2.45, 2.75) is 25.9 Å². The number of phenolic OH excluding ortho intramolecular Hbond substituents is 1. The number of Topliss-reactive ketones (excluding diaryl/α,β-unsaturated/α-hetero) is 1. The first-order valence-corrected chi connectivity index (χ1v) is 10.8. The number of phenols is 1. The van der Waals surface area contributed by atoms with Gasteiger partial charge in [-0.1, -0.05) is 61.5 Å². The third-order valence-corrected chi connectivity index (χ3v) is 5.50. The predicted molar refractivity (Wildman–Crippen MR) is 125 cm³/mol. The standard InChI is InChI=1S/C27H25NO5/c1-2-14-33-22-13-7-11-20(16-22)25(30)23-24(19-10-6-12-21(29)15-19)28(27(32)26(23)31)17-18-8-4-3-5-9-18/h3-13,15-16,24,29-30H,2,14,17H2,1H3/b25-23+. The number of ketones is 1. The fourth-order valence-corrected chi connectivity index (χ4v) is 3.97. The summed E-state index contributed by atoms with van der Waals surface area (Å²) in [6.45, 7) is 2.70. The highest BCUT2D eigenvalue weighted by Crippen LogP contribution is 2.41. The summed E-state index contributed by atoms with van der Waals surface area (Å²) >= 11 is 0. The van der Waals surface area contributed by atoms with Gasteiger partial charge in [0.2, 0.25) is 0 Å². The first-order chi connectivity index (χ1) is 16.0. The van der Waals surface area contributed by atoms with Crippen molar-refractivity contribution in [3.05, 3.63) is 101 Å². The van der Waals surface area contributed by atoms with Gasteiger partial charge >= 0.3 is 0 Å².